The molecular formula is C16H18O3. The summed E-state index contributed by atoms with van der Waals surface area (Å²) in [6, 6.07) is 13.2. The zero-order valence-electron chi connectivity index (χ0n) is 11.0. The molecule has 2 aromatic carbocycles. The highest BCUT2D eigenvalue weighted by molar-refractivity contribution is 5.67. The number of phenolic OH excluding ortho intramolecular Hbond substituents is 1. The zero-order chi connectivity index (χ0) is 14.0. The van der Waals surface area contributed by atoms with Crippen molar-refractivity contribution in [2.75, 3.05) is 0 Å². The van der Waals surface area contributed by atoms with Gasteiger partial charge in [0.1, 0.15) is 5.75 Å². The summed E-state index contributed by atoms with van der Waals surface area (Å²) in [5.74, 6) is -0.0373. The van der Waals surface area contributed by atoms with E-state index in [1.165, 1.54) is 0 Å². The van der Waals surface area contributed by atoms with Crippen molar-refractivity contribution in [1.82, 2.24) is 0 Å². The first-order chi connectivity index (χ1) is 9.00. The van der Waals surface area contributed by atoms with Crippen molar-refractivity contribution in [3.63, 3.8) is 0 Å². The zero-order valence-corrected chi connectivity index (χ0v) is 11.0. The molecule has 0 amide bonds. The van der Waals surface area contributed by atoms with E-state index < -0.39 is 12.2 Å². The Labute approximate surface area is 112 Å². The summed E-state index contributed by atoms with van der Waals surface area (Å²) < 4.78 is 0. The van der Waals surface area contributed by atoms with Gasteiger partial charge in [-0.3, -0.25) is 0 Å². The van der Waals surface area contributed by atoms with Crippen molar-refractivity contribution in [3.8, 4) is 16.9 Å². The summed E-state index contributed by atoms with van der Waals surface area (Å²) in [5.41, 5.74) is 2.70. The number of rotatable bonds is 3. The lowest BCUT2D eigenvalue weighted by molar-refractivity contribution is 0.184. The summed E-state index contributed by atoms with van der Waals surface area (Å²) in [5, 5.41) is 29.6. The molecule has 0 aliphatic carbocycles. The third-order valence-electron chi connectivity index (χ3n) is 3.18. The van der Waals surface area contributed by atoms with Crippen molar-refractivity contribution < 1.29 is 15.3 Å². The second kappa shape index (κ2) is 5.43. The number of benzene rings is 2. The van der Waals surface area contributed by atoms with Crippen molar-refractivity contribution in [1.29, 1.82) is 0 Å². The van der Waals surface area contributed by atoms with Crippen LogP contribution in [0.2, 0.25) is 0 Å². The predicted octanol–water partition coefficient (Wildman–Crippen LogP) is 3.17. The van der Waals surface area contributed by atoms with Gasteiger partial charge in [-0.25, -0.2) is 0 Å². The van der Waals surface area contributed by atoms with Crippen LogP contribution in [-0.2, 0) is 0 Å². The van der Waals surface area contributed by atoms with Gasteiger partial charge < -0.3 is 15.3 Å². The van der Waals surface area contributed by atoms with Crippen LogP contribution in [0.1, 0.15) is 37.2 Å². The van der Waals surface area contributed by atoms with Crippen LogP contribution >= 0.6 is 0 Å². The van der Waals surface area contributed by atoms with Gasteiger partial charge in [-0.1, -0.05) is 30.3 Å². The Morgan fingerprint density at radius 3 is 1.68 bits per heavy atom. The minimum absolute atomic E-state index is 0.0373. The molecule has 2 atom stereocenters. The van der Waals surface area contributed by atoms with E-state index in [-0.39, 0.29) is 5.75 Å². The lowest BCUT2D eigenvalue weighted by atomic mass is 9.94. The molecule has 0 bridgehead atoms. The van der Waals surface area contributed by atoms with Gasteiger partial charge in [0.25, 0.3) is 0 Å². The van der Waals surface area contributed by atoms with Gasteiger partial charge in [-0.2, -0.15) is 0 Å². The lowest BCUT2D eigenvalue weighted by Crippen LogP contribution is -1.99. The van der Waals surface area contributed by atoms with Crippen LogP contribution in [0.3, 0.4) is 0 Å². The molecule has 2 aromatic rings. The molecule has 0 radical (unpaired) electrons. The third kappa shape index (κ3) is 2.78. The maximum absolute atomic E-state index is 10.1. The molecule has 0 aromatic heterocycles. The Balaban J connectivity index is 2.63. The quantitative estimate of drug-likeness (QED) is 0.792. The van der Waals surface area contributed by atoms with Crippen molar-refractivity contribution >= 4 is 0 Å². The molecule has 2 unspecified atom stereocenters. The smallest absolute Gasteiger partial charge is 0.127 e. The molecule has 0 spiro atoms. The fourth-order valence-electron chi connectivity index (χ4n) is 2.11. The molecular weight excluding hydrogens is 240 g/mol. The Bertz CT molecular complexity index is 530. The second-order valence-corrected chi connectivity index (χ2v) is 4.72. The second-order valence-electron chi connectivity index (χ2n) is 4.72. The molecule has 3 heteroatoms. The van der Waals surface area contributed by atoms with Crippen LogP contribution in [0, 0.1) is 0 Å². The Morgan fingerprint density at radius 2 is 1.26 bits per heavy atom. The fourth-order valence-corrected chi connectivity index (χ4v) is 2.11. The summed E-state index contributed by atoms with van der Waals surface area (Å²) >= 11 is 0. The maximum atomic E-state index is 10.1. The standard InChI is InChI=1S/C16H18O3/c1-10(17)14-8-13(12-6-4-3-5-7-12)9-15(11(2)18)16(14)19/h3-11,17-19H,1-2H3. The van der Waals surface area contributed by atoms with E-state index >= 15 is 0 Å². The van der Waals surface area contributed by atoms with Crippen LogP contribution < -0.4 is 0 Å². The molecule has 0 aliphatic rings. The molecule has 3 nitrogen and oxygen atoms in total. The van der Waals surface area contributed by atoms with E-state index in [0.29, 0.717) is 11.1 Å². The van der Waals surface area contributed by atoms with Gasteiger partial charge in [-0.15, -0.1) is 0 Å². The van der Waals surface area contributed by atoms with E-state index in [0.717, 1.165) is 11.1 Å². The van der Waals surface area contributed by atoms with Crippen molar-refractivity contribution in [3.05, 3.63) is 53.6 Å². The molecule has 0 saturated carbocycles. The summed E-state index contributed by atoms with van der Waals surface area (Å²) in [7, 11) is 0. The normalized spacial score (nSPS) is 14.1. The number of aromatic hydroxyl groups is 1. The highest BCUT2D eigenvalue weighted by Crippen LogP contribution is 2.36. The van der Waals surface area contributed by atoms with E-state index in [9.17, 15) is 15.3 Å². The molecule has 3 N–H and O–H groups in total. The van der Waals surface area contributed by atoms with Crippen LogP contribution in [0.4, 0.5) is 0 Å². The van der Waals surface area contributed by atoms with Crippen molar-refractivity contribution in [2.24, 2.45) is 0 Å². The summed E-state index contributed by atoms with van der Waals surface area (Å²) in [6.45, 7) is 3.19. The van der Waals surface area contributed by atoms with Crippen LogP contribution in [0.25, 0.3) is 11.1 Å². The van der Waals surface area contributed by atoms with E-state index in [1.54, 1.807) is 26.0 Å². The predicted molar refractivity (Wildman–Crippen MR) is 74.8 cm³/mol. The van der Waals surface area contributed by atoms with Gasteiger partial charge in [-0.05, 0) is 37.1 Å². The highest BCUT2D eigenvalue weighted by atomic mass is 16.3. The Kier molecular flexibility index (Phi) is 3.88. The van der Waals surface area contributed by atoms with Gasteiger partial charge in [0.15, 0.2) is 0 Å². The Hall–Kier alpha value is -1.84. The Morgan fingerprint density at radius 1 is 0.789 bits per heavy atom. The van der Waals surface area contributed by atoms with E-state index in [2.05, 4.69) is 0 Å². The minimum atomic E-state index is -0.791. The first-order valence-electron chi connectivity index (χ1n) is 6.29. The van der Waals surface area contributed by atoms with Crippen LogP contribution in [-0.4, -0.2) is 15.3 Å². The summed E-state index contributed by atoms with van der Waals surface area (Å²) in [4.78, 5) is 0. The van der Waals surface area contributed by atoms with Gasteiger partial charge in [0.2, 0.25) is 0 Å². The summed E-state index contributed by atoms with van der Waals surface area (Å²) in [6.07, 6.45) is -1.58. The van der Waals surface area contributed by atoms with Crippen LogP contribution in [0.15, 0.2) is 42.5 Å². The number of aliphatic hydroxyl groups excluding tert-OH is 2. The number of aliphatic hydroxyl groups is 2. The maximum Gasteiger partial charge on any atom is 0.127 e. The van der Waals surface area contributed by atoms with Crippen molar-refractivity contribution in [2.45, 2.75) is 26.1 Å². The molecule has 2 rings (SSSR count). The number of hydrogen-bond acceptors (Lipinski definition) is 3. The molecule has 0 saturated heterocycles. The first kappa shape index (κ1) is 13.6. The topological polar surface area (TPSA) is 60.7 Å². The lowest BCUT2D eigenvalue weighted by Gasteiger charge is -2.16. The average Bonchev–Trinajstić information content (AvgIpc) is 2.39. The van der Waals surface area contributed by atoms with E-state index in [1.807, 2.05) is 30.3 Å². The molecule has 19 heavy (non-hydrogen) atoms. The molecule has 0 aliphatic heterocycles. The fraction of sp³-hybridized carbons (Fsp3) is 0.250. The molecule has 100 valence electrons. The average molecular weight is 258 g/mol. The molecule has 0 fully saturated rings. The third-order valence-corrected chi connectivity index (χ3v) is 3.18. The van der Waals surface area contributed by atoms with Gasteiger partial charge in [0.05, 0.1) is 12.2 Å². The molecule has 0 heterocycles. The monoisotopic (exact) mass is 258 g/mol. The van der Waals surface area contributed by atoms with Gasteiger partial charge >= 0.3 is 0 Å². The van der Waals surface area contributed by atoms with E-state index in [4.69, 9.17) is 0 Å². The first-order valence-corrected chi connectivity index (χ1v) is 6.29. The SMILES string of the molecule is CC(O)c1cc(-c2ccccc2)cc(C(C)O)c1O. The highest BCUT2D eigenvalue weighted by Gasteiger charge is 2.17. The number of phenols is 1. The number of hydrogen-bond donors (Lipinski definition) is 3. The largest absolute Gasteiger partial charge is 0.507 e. The minimum Gasteiger partial charge on any atom is -0.507 e. The van der Waals surface area contributed by atoms with Gasteiger partial charge in [0, 0.05) is 11.1 Å². The van der Waals surface area contributed by atoms with Crippen LogP contribution in [0.5, 0.6) is 5.75 Å².